The number of methoxy groups -OCH3 is 1. The van der Waals surface area contributed by atoms with Gasteiger partial charge in [-0.3, -0.25) is 0 Å². The summed E-state index contributed by atoms with van der Waals surface area (Å²) in [5.74, 6) is 0.623. The summed E-state index contributed by atoms with van der Waals surface area (Å²) in [5.41, 5.74) is 2.19. The van der Waals surface area contributed by atoms with Crippen LogP contribution >= 0.6 is 0 Å². The predicted molar refractivity (Wildman–Crippen MR) is 133 cm³/mol. The Morgan fingerprint density at radius 1 is 0.889 bits per heavy atom. The average Bonchev–Trinajstić information content (AvgIpc) is 3.30. The van der Waals surface area contributed by atoms with Crippen molar-refractivity contribution in [3.05, 3.63) is 120 Å². The summed E-state index contributed by atoms with van der Waals surface area (Å²) < 4.78 is 46.6. The van der Waals surface area contributed by atoms with E-state index in [4.69, 9.17) is 4.74 Å². The van der Waals surface area contributed by atoms with Crippen molar-refractivity contribution in [2.75, 3.05) is 12.4 Å². The van der Waals surface area contributed by atoms with Gasteiger partial charge >= 0.3 is 12.2 Å². The zero-order valence-electron chi connectivity index (χ0n) is 19.7. The maximum absolute atomic E-state index is 13.3. The molecule has 1 aromatic heterocycles. The van der Waals surface area contributed by atoms with Crippen LogP contribution in [0.1, 0.15) is 22.4 Å². The lowest BCUT2D eigenvalue weighted by Crippen LogP contribution is -2.34. The molecule has 0 saturated heterocycles. The van der Waals surface area contributed by atoms with Gasteiger partial charge in [0.2, 0.25) is 0 Å². The number of nitrogens with one attached hydrogen (secondary N) is 1. The summed E-state index contributed by atoms with van der Waals surface area (Å²) in [4.78, 5) is 15.0. The molecule has 0 unspecified atom stereocenters. The van der Waals surface area contributed by atoms with E-state index in [0.29, 0.717) is 23.5 Å². The SMILES string of the molecule is COc1cccc(NC(=O)N(Cc2ccccc2)Cc2cccn2Cc2cccc(C(F)(F)F)c2)c1. The van der Waals surface area contributed by atoms with E-state index >= 15 is 0 Å². The summed E-state index contributed by atoms with van der Waals surface area (Å²) in [6, 6.07) is 25.3. The third-order valence-corrected chi connectivity index (χ3v) is 5.71. The largest absolute Gasteiger partial charge is 0.497 e. The van der Waals surface area contributed by atoms with Gasteiger partial charge in [0.15, 0.2) is 0 Å². The van der Waals surface area contributed by atoms with Gasteiger partial charge in [-0.1, -0.05) is 48.5 Å². The molecule has 3 aromatic carbocycles. The topological polar surface area (TPSA) is 46.5 Å². The standard InChI is InChI=1S/C28H26F3N3O2/c1-36-26-14-6-12-24(17-26)32-27(35)34(18-21-8-3-2-4-9-21)20-25-13-7-15-33(25)19-22-10-5-11-23(16-22)28(29,30)31/h2-17H,18-20H2,1H3,(H,32,35). The first-order chi connectivity index (χ1) is 17.3. The molecular weight excluding hydrogens is 467 g/mol. The average molecular weight is 494 g/mol. The molecular formula is C28H26F3N3O2. The Hall–Kier alpha value is -4.20. The number of hydrogen-bond donors (Lipinski definition) is 1. The van der Waals surface area contributed by atoms with Crippen LogP contribution in [0.2, 0.25) is 0 Å². The van der Waals surface area contributed by atoms with E-state index in [-0.39, 0.29) is 19.1 Å². The highest BCUT2D eigenvalue weighted by atomic mass is 19.4. The van der Waals surface area contributed by atoms with Crippen molar-refractivity contribution in [3.8, 4) is 5.75 Å². The molecule has 0 aliphatic heterocycles. The molecule has 4 rings (SSSR count). The van der Waals surface area contributed by atoms with Crippen LogP contribution in [0.3, 0.4) is 0 Å². The molecule has 0 aliphatic carbocycles. The van der Waals surface area contributed by atoms with Gasteiger partial charge in [0.05, 0.1) is 19.2 Å². The van der Waals surface area contributed by atoms with Gasteiger partial charge in [-0.05, 0) is 47.5 Å². The second kappa shape index (κ2) is 11.0. The maximum atomic E-state index is 13.3. The molecule has 0 atom stereocenters. The van der Waals surface area contributed by atoms with Crippen LogP contribution in [-0.4, -0.2) is 22.6 Å². The number of aromatic nitrogens is 1. The summed E-state index contributed by atoms with van der Waals surface area (Å²) in [7, 11) is 1.56. The smallest absolute Gasteiger partial charge is 0.416 e. The summed E-state index contributed by atoms with van der Waals surface area (Å²) in [6.07, 6.45) is -2.60. The number of halogens is 3. The number of alkyl halides is 3. The monoisotopic (exact) mass is 493 g/mol. The molecule has 1 heterocycles. The Labute approximate surface area is 207 Å². The molecule has 4 aromatic rings. The number of nitrogens with zero attached hydrogens (tertiary/aromatic N) is 2. The fourth-order valence-corrected chi connectivity index (χ4v) is 3.89. The zero-order valence-corrected chi connectivity index (χ0v) is 19.7. The summed E-state index contributed by atoms with van der Waals surface area (Å²) in [5, 5.41) is 2.92. The predicted octanol–water partition coefficient (Wildman–Crippen LogP) is 6.80. The van der Waals surface area contributed by atoms with E-state index in [1.54, 1.807) is 48.5 Å². The number of carbonyl (C=O) groups excluding carboxylic acids is 1. The number of benzene rings is 3. The van der Waals surface area contributed by atoms with E-state index < -0.39 is 11.7 Å². The highest BCUT2D eigenvalue weighted by Crippen LogP contribution is 2.30. The number of ether oxygens (including phenoxy) is 1. The minimum atomic E-state index is -4.40. The molecule has 0 spiro atoms. The van der Waals surface area contributed by atoms with Crippen LogP contribution in [0, 0.1) is 0 Å². The van der Waals surface area contributed by atoms with Gasteiger partial charge in [0.1, 0.15) is 5.75 Å². The van der Waals surface area contributed by atoms with E-state index in [9.17, 15) is 18.0 Å². The highest BCUT2D eigenvalue weighted by molar-refractivity contribution is 5.89. The van der Waals surface area contributed by atoms with E-state index in [0.717, 1.165) is 23.4 Å². The lowest BCUT2D eigenvalue weighted by Gasteiger charge is -2.24. The highest BCUT2D eigenvalue weighted by Gasteiger charge is 2.30. The molecule has 5 nitrogen and oxygen atoms in total. The minimum Gasteiger partial charge on any atom is -0.497 e. The van der Waals surface area contributed by atoms with Crippen LogP contribution in [0.5, 0.6) is 5.75 Å². The molecule has 0 bridgehead atoms. The van der Waals surface area contributed by atoms with Crippen LogP contribution in [0.4, 0.5) is 23.7 Å². The van der Waals surface area contributed by atoms with Gasteiger partial charge in [-0.25, -0.2) is 4.79 Å². The van der Waals surface area contributed by atoms with Gasteiger partial charge in [0, 0.05) is 36.7 Å². The fourth-order valence-electron chi connectivity index (χ4n) is 3.89. The molecule has 8 heteroatoms. The van der Waals surface area contributed by atoms with Crippen molar-refractivity contribution in [2.45, 2.75) is 25.8 Å². The Bertz CT molecular complexity index is 1300. The second-order valence-electron chi connectivity index (χ2n) is 8.33. The van der Waals surface area contributed by atoms with Crippen molar-refractivity contribution >= 4 is 11.7 Å². The van der Waals surface area contributed by atoms with Crippen molar-refractivity contribution in [1.82, 2.24) is 9.47 Å². The number of rotatable bonds is 8. The maximum Gasteiger partial charge on any atom is 0.416 e. The first-order valence-electron chi connectivity index (χ1n) is 11.4. The van der Waals surface area contributed by atoms with Gasteiger partial charge in [0.25, 0.3) is 0 Å². The third-order valence-electron chi connectivity index (χ3n) is 5.71. The Morgan fingerprint density at radius 2 is 1.64 bits per heavy atom. The van der Waals surface area contributed by atoms with Gasteiger partial charge < -0.3 is 19.5 Å². The van der Waals surface area contributed by atoms with Crippen molar-refractivity contribution in [1.29, 1.82) is 0 Å². The Balaban J connectivity index is 1.56. The molecule has 186 valence electrons. The Morgan fingerprint density at radius 3 is 2.39 bits per heavy atom. The molecule has 0 saturated carbocycles. The van der Waals surface area contributed by atoms with Crippen molar-refractivity contribution in [2.24, 2.45) is 0 Å². The number of urea groups is 1. The Kier molecular flexibility index (Phi) is 7.63. The van der Waals surface area contributed by atoms with E-state index in [1.807, 2.05) is 47.0 Å². The van der Waals surface area contributed by atoms with Crippen LogP contribution < -0.4 is 10.1 Å². The molecule has 36 heavy (non-hydrogen) atoms. The van der Waals surface area contributed by atoms with E-state index in [1.165, 1.54) is 6.07 Å². The first kappa shape index (κ1) is 24.9. The second-order valence-corrected chi connectivity index (χ2v) is 8.33. The zero-order chi connectivity index (χ0) is 25.5. The van der Waals surface area contributed by atoms with Gasteiger partial charge in [-0.15, -0.1) is 0 Å². The van der Waals surface area contributed by atoms with Crippen molar-refractivity contribution < 1.29 is 22.7 Å². The molecule has 0 radical (unpaired) electrons. The number of carbonyl (C=O) groups is 1. The molecule has 0 fully saturated rings. The summed E-state index contributed by atoms with van der Waals surface area (Å²) in [6.45, 7) is 0.866. The fraction of sp³-hybridized carbons (Fsp3) is 0.179. The molecule has 0 aliphatic rings. The summed E-state index contributed by atoms with van der Waals surface area (Å²) >= 11 is 0. The minimum absolute atomic E-state index is 0.253. The van der Waals surface area contributed by atoms with Crippen molar-refractivity contribution in [3.63, 3.8) is 0 Å². The quantitative estimate of drug-likeness (QED) is 0.294. The molecule has 1 N–H and O–H groups in total. The van der Waals surface area contributed by atoms with Crippen LogP contribution in [-0.2, 0) is 25.8 Å². The number of hydrogen-bond acceptors (Lipinski definition) is 2. The third kappa shape index (κ3) is 6.47. The first-order valence-corrected chi connectivity index (χ1v) is 11.4. The normalized spacial score (nSPS) is 11.2. The van der Waals surface area contributed by atoms with Crippen LogP contribution in [0.15, 0.2) is 97.2 Å². The molecule has 2 amide bonds. The number of amides is 2. The lowest BCUT2D eigenvalue weighted by atomic mass is 10.1. The number of anilines is 1. The van der Waals surface area contributed by atoms with Crippen LogP contribution in [0.25, 0.3) is 0 Å². The van der Waals surface area contributed by atoms with Gasteiger partial charge in [-0.2, -0.15) is 13.2 Å². The lowest BCUT2D eigenvalue weighted by molar-refractivity contribution is -0.137. The van der Waals surface area contributed by atoms with E-state index in [2.05, 4.69) is 5.32 Å².